The maximum absolute atomic E-state index is 14.0. The summed E-state index contributed by atoms with van der Waals surface area (Å²) in [5.41, 5.74) is 1.26. The summed E-state index contributed by atoms with van der Waals surface area (Å²) in [7, 11) is 0. The van der Waals surface area contributed by atoms with Gasteiger partial charge in [0, 0.05) is 6.04 Å². The first-order chi connectivity index (χ1) is 13.5. The minimum Gasteiger partial charge on any atom is -0.319 e. The van der Waals surface area contributed by atoms with Crippen molar-refractivity contribution in [2.24, 2.45) is 0 Å². The molecule has 8 heteroatoms. The number of anilines is 1. The van der Waals surface area contributed by atoms with Gasteiger partial charge in [-0.25, -0.2) is 18.4 Å². The summed E-state index contributed by atoms with van der Waals surface area (Å²) in [4.78, 5) is 18.5. The molecule has 3 aromatic heterocycles. The molecule has 0 bridgehead atoms. The van der Waals surface area contributed by atoms with Crippen LogP contribution in [0.4, 0.5) is 14.5 Å². The van der Waals surface area contributed by atoms with Gasteiger partial charge < -0.3 is 5.32 Å². The first-order valence-electron chi connectivity index (χ1n) is 8.63. The Hall–Kier alpha value is -3.13. The third-order valence-electron chi connectivity index (χ3n) is 4.27. The summed E-state index contributed by atoms with van der Waals surface area (Å²) in [5, 5.41) is 9.26. The molecule has 0 spiro atoms. The van der Waals surface area contributed by atoms with Crippen molar-refractivity contribution in [3.05, 3.63) is 65.2 Å². The summed E-state index contributed by atoms with van der Waals surface area (Å²) in [5.74, 6) is -2.68. The number of benzene rings is 1. The standard InChI is InChI=1S/C20H16F2N4OS/c1-11(2)26-19-13(10-23-26)12(9-16(24-19)17-7-4-8-28-17)20(27)25-15-6-3-5-14(21)18(15)22/h3-11H,1-2H3,(H,25,27). The molecule has 0 saturated heterocycles. The molecular weight excluding hydrogens is 382 g/mol. The third kappa shape index (κ3) is 3.16. The molecule has 0 radical (unpaired) electrons. The number of carbonyl (C=O) groups is 1. The van der Waals surface area contributed by atoms with Crippen LogP contribution in [0, 0.1) is 11.6 Å². The van der Waals surface area contributed by atoms with Crippen molar-refractivity contribution in [1.82, 2.24) is 14.8 Å². The maximum atomic E-state index is 14.0. The molecule has 0 aliphatic carbocycles. The molecule has 0 fully saturated rings. The molecule has 28 heavy (non-hydrogen) atoms. The molecule has 5 nitrogen and oxygen atoms in total. The molecule has 1 aromatic carbocycles. The van der Waals surface area contributed by atoms with Gasteiger partial charge in [-0.05, 0) is 43.5 Å². The van der Waals surface area contributed by atoms with Crippen LogP contribution in [0.3, 0.4) is 0 Å². The summed E-state index contributed by atoms with van der Waals surface area (Å²) in [6.07, 6.45) is 1.57. The van der Waals surface area contributed by atoms with E-state index in [1.54, 1.807) is 16.9 Å². The molecule has 1 amide bonds. The highest BCUT2D eigenvalue weighted by Crippen LogP contribution is 2.29. The summed E-state index contributed by atoms with van der Waals surface area (Å²) < 4.78 is 29.2. The van der Waals surface area contributed by atoms with E-state index in [0.717, 1.165) is 10.9 Å². The van der Waals surface area contributed by atoms with Crippen molar-refractivity contribution in [2.75, 3.05) is 5.32 Å². The van der Waals surface area contributed by atoms with E-state index < -0.39 is 17.5 Å². The number of pyridine rings is 1. The highest BCUT2D eigenvalue weighted by atomic mass is 32.1. The fraction of sp³-hybridized carbons (Fsp3) is 0.150. The van der Waals surface area contributed by atoms with Gasteiger partial charge >= 0.3 is 0 Å². The zero-order valence-electron chi connectivity index (χ0n) is 15.1. The highest BCUT2D eigenvalue weighted by Gasteiger charge is 2.20. The Morgan fingerprint density at radius 2 is 2.04 bits per heavy atom. The molecule has 0 aliphatic heterocycles. The number of nitrogens with zero attached hydrogens (tertiary/aromatic N) is 3. The fourth-order valence-electron chi connectivity index (χ4n) is 2.92. The molecule has 4 aromatic rings. The van der Waals surface area contributed by atoms with Gasteiger partial charge in [0.25, 0.3) is 5.91 Å². The van der Waals surface area contributed by atoms with Gasteiger partial charge in [-0.2, -0.15) is 5.10 Å². The molecule has 0 saturated carbocycles. The molecular formula is C20H16F2N4OS. The Kier molecular flexibility index (Phi) is 4.64. The molecule has 1 N–H and O–H groups in total. The number of amides is 1. The minimum absolute atomic E-state index is 0.0418. The molecule has 0 aliphatic rings. The number of rotatable bonds is 4. The second-order valence-corrected chi connectivity index (χ2v) is 7.46. The van der Waals surface area contributed by atoms with E-state index >= 15 is 0 Å². The van der Waals surface area contributed by atoms with Gasteiger partial charge in [-0.1, -0.05) is 12.1 Å². The van der Waals surface area contributed by atoms with Crippen molar-refractivity contribution in [3.8, 4) is 10.6 Å². The molecule has 3 heterocycles. The van der Waals surface area contributed by atoms with Gasteiger partial charge in [0.2, 0.25) is 0 Å². The smallest absolute Gasteiger partial charge is 0.256 e. The van der Waals surface area contributed by atoms with E-state index in [0.29, 0.717) is 22.3 Å². The largest absolute Gasteiger partial charge is 0.319 e. The van der Waals surface area contributed by atoms with E-state index in [1.807, 2.05) is 31.4 Å². The van der Waals surface area contributed by atoms with Crippen LogP contribution in [0.2, 0.25) is 0 Å². The molecule has 4 rings (SSSR count). The summed E-state index contributed by atoms with van der Waals surface area (Å²) in [6.45, 7) is 3.93. The number of halogens is 2. The second kappa shape index (κ2) is 7.12. The van der Waals surface area contributed by atoms with Crippen molar-refractivity contribution in [3.63, 3.8) is 0 Å². The third-order valence-corrected chi connectivity index (χ3v) is 5.17. The quantitative estimate of drug-likeness (QED) is 0.509. The van der Waals surface area contributed by atoms with E-state index in [4.69, 9.17) is 0 Å². The van der Waals surface area contributed by atoms with Crippen LogP contribution >= 0.6 is 11.3 Å². The van der Waals surface area contributed by atoms with E-state index in [2.05, 4.69) is 15.4 Å². The predicted octanol–water partition coefficient (Wildman–Crippen LogP) is 5.27. The number of nitrogens with one attached hydrogen (secondary N) is 1. The van der Waals surface area contributed by atoms with Gasteiger partial charge in [0.1, 0.15) is 0 Å². The fourth-order valence-corrected chi connectivity index (χ4v) is 3.61. The van der Waals surface area contributed by atoms with Crippen molar-refractivity contribution < 1.29 is 13.6 Å². The minimum atomic E-state index is -1.10. The van der Waals surface area contributed by atoms with Gasteiger partial charge in [0.05, 0.1) is 33.4 Å². The average Bonchev–Trinajstić information content (AvgIpc) is 3.34. The number of fused-ring (bicyclic) bond motifs is 1. The molecule has 0 atom stereocenters. The lowest BCUT2D eigenvalue weighted by Gasteiger charge is -2.11. The Labute approximate surface area is 163 Å². The van der Waals surface area contributed by atoms with E-state index in [9.17, 15) is 13.6 Å². The van der Waals surface area contributed by atoms with Crippen LogP contribution in [-0.2, 0) is 0 Å². The summed E-state index contributed by atoms with van der Waals surface area (Å²) >= 11 is 1.50. The SMILES string of the molecule is CC(C)n1ncc2c(C(=O)Nc3cccc(F)c3F)cc(-c3cccs3)nc21. The number of hydrogen-bond donors (Lipinski definition) is 1. The van der Waals surface area contributed by atoms with E-state index in [-0.39, 0.29) is 11.7 Å². The lowest BCUT2D eigenvalue weighted by atomic mass is 10.1. The van der Waals surface area contributed by atoms with Gasteiger partial charge in [0.15, 0.2) is 17.3 Å². The van der Waals surface area contributed by atoms with Crippen LogP contribution < -0.4 is 5.32 Å². The number of carbonyl (C=O) groups excluding carboxylic acids is 1. The first-order valence-corrected chi connectivity index (χ1v) is 9.51. The number of hydrogen-bond acceptors (Lipinski definition) is 4. The zero-order valence-corrected chi connectivity index (χ0v) is 15.9. The highest BCUT2D eigenvalue weighted by molar-refractivity contribution is 7.13. The van der Waals surface area contributed by atoms with Crippen molar-refractivity contribution in [2.45, 2.75) is 19.9 Å². The Balaban J connectivity index is 1.85. The Morgan fingerprint density at radius 3 is 2.75 bits per heavy atom. The average molecular weight is 398 g/mol. The monoisotopic (exact) mass is 398 g/mol. The zero-order chi connectivity index (χ0) is 19.8. The van der Waals surface area contributed by atoms with Crippen molar-refractivity contribution >= 4 is 34.0 Å². The summed E-state index contributed by atoms with van der Waals surface area (Å²) in [6, 6.07) is 9.14. The van der Waals surface area contributed by atoms with E-state index in [1.165, 1.54) is 23.5 Å². The van der Waals surface area contributed by atoms with Crippen molar-refractivity contribution in [1.29, 1.82) is 0 Å². The van der Waals surface area contributed by atoms with Gasteiger partial charge in [-0.15, -0.1) is 11.3 Å². The lowest BCUT2D eigenvalue weighted by Crippen LogP contribution is -2.14. The first kappa shape index (κ1) is 18.2. The lowest BCUT2D eigenvalue weighted by molar-refractivity contribution is 0.102. The van der Waals surface area contributed by atoms with Crippen LogP contribution in [0.25, 0.3) is 21.6 Å². The second-order valence-electron chi connectivity index (χ2n) is 6.51. The molecule has 0 unspecified atom stereocenters. The Bertz CT molecular complexity index is 1170. The predicted molar refractivity (Wildman–Crippen MR) is 106 cm³/mol. The maximum Gasteiger partial charge on any atom is 0.256 e. The Morgan fingerprint density at radius 1 is 1.21 bits per heavy atom. The molecule has 142 valence electrons. The van der Waals surface area contributed by atoms with Crippen LogP contribution in [-0.4, -0.2) is 20.7 Å². The number of aromatic nitrogens is 3. The van der Waals surface area contributed by atoms with Crippen LogP contribution in [0.1, 0.15) is 30.2 Å². The number of thiophene rings is 1. The topological polar surface area (TPSA) is 59.8 Å². The van der Waals surface area contributed by atoms with Gasteiger partial charge in [-0.3, -0.25) is 4.79 Å². The van der Waals surface area contributed by atoms with Crippen LogP contribution in [0.5, 0.6) is 0 Å². The van der Waals surface area contributed by atoms with Crippen LogP contribution in [0.15, 0.2) is 48.0 Å². The normalized spacial score (nSPS) is 11.3.